The lowest BCUT2D eigenvalue weighted by atomic mass is 9.98. The highest BCUT2D eigenvalue weighted by molar-refractivity contribution is 8.08. The molecule has 0 aliphatic rings. The number of benzene rings is 4. The van der Waals surface area contributed by atoms with Gasteiger partial charge in [0.2, 0.25) is 0 Å². The molecule has 0 radical (unpaired) electrons. The first-order chi connectivity index (χ1) is 17.0. The Bertz CT molecular complexity index is 1390. The van der Waals surface area contributed by atoms with Crippen molar-refractivity contribution in [3.05, 3.63) is 119 Å². The van der Waals surface area contributed by atoms with Crippen LogP contribution < -0.4 is 0 Å². The van der Waals surface area contributed by atoms with Crippen LogP contribution in [0.2, 0.25) is 0 Å². The Morgan fingerprint density at radius 1 is 0.543 bits per heavy atom. The number of rotatable bonds is 4. The Hall–Kier alpha value is -4.31. The molecule has 0 unspecified atom stereocenters. The number of hydrogen-bond acceptors (Lipinski definition) is 3. The standard InChI is InChI=1S/C32H22O2S/c1-23(33)25-11-15-29(16-12-25)31-9-5-3-7-27(31)19-21-35-22-20-28-8-4-6-10-32(28)30-17-13-26(14-18-30)24(2)34/h3-18H,1-2H3. The SMILES string of the molecule is CC(=O)c1ccc(-c2ccccc2C#CSC#Cc2ccccc2-c2ccc(C(C)=O)cc2)cc1. The number of carbonyl (C=O) groups is 2. The largest absolute Gasteiger partial charge is 0.295 e. The quantitative estimate of drug-likeness (QED) is 0.229. The van der Waals surface area contributed by atoms with E-state index in [-0.39, 0.29) is 11.6 Å². The molecule has 2 nitrogen and oxygen atoms in total. The summed E-state index contributed by atoms with van der Waals surface area (Å²) in [5.41, 5.74) is 7.26. The Balaban J connectivity index is 1.53. The minimum Gasteiger partial charge on any atom is -0.295 e. The molecule has 3 heteroatoms. The molecule has 35 heavy (non-hydrogen) atoms. The molecule has 0 atom stereocenters. The third-order valence-electron chi connectivity index (χ3n) is 5.53. The molecule has 0 spiro atoms. The van der Waals surface area contributed by atoms with E-state index in [4.69, 9.17) is 0 Å². The lowest BCUT2D eigenvalue weighted by Gasteiger charge is -2.05. The van der Waals surface area contributed by atoms with Crippen LogP contribution in [0.4, 0.5) is 0 Å². The molecule has 0 fully saturated rings. The van der Waals surface area contributed by atoms with Crippen LogP contribution in [-0.4, -0.2) is 11.6 Å². The van der Waals surface area contributed by atoms with Gasteiger partial charge < -0.3 is 0 Å². The summed E-state index contributed by atoms with van der Waals surface area (Å²) < 4.78 is 0. The highest BCUT2D eigenvalue weighted by Crippen LogP contribution is 2.25. The first kappa shape index (κ1) is 23.8. The molecule has 4 aromatic rings. The predicted molar refractivity (Wildman–Crippen MR) is 145 cm³/mol. The van der Waals surface area contributed by atoms with Gasteiger partial charge in [-0.1, -0.05) is 96.8 Å². The molecule has 0 saturated carbocycles. The zero-order valence-electron chi connectivity index (χ0n) is 19.5. The molecule has 0 amide bonds. The number of carbonyl (C=O) groups excluding carboxylic acids is 2. The second-order valence-corrected chi connectivity index (χ2v) is 8.53. The molecular formula is C32H22O2S. The average Bonchev–Trinajstić information content (AvgIpc) is 2.89. The number of ketones is 2. The average molecular weight is 471 g/mol. The molecule has 0 bridgehead atoms. The van der Waals surface area contributed by atoms with Gasteiger partial charge in [-0.15, -0.1) is 0 Å². The van der Waals surface area contributed by atoms with Gasteiger partial charge in [0, 0.05) is 34.0 Å². The smallest absolute Gasteiger partial charge is 0.159 e. The third-order valence-corrected chi connectivity index (χ3v) is 5.94. The van der Waals surface area contributed by atoms with Crippen molar-refractivity contribution in [2.75, 3.05) is 0 Å². The lowest BCUT2D eigenvalue weighted by molar-refractivity contribution is 0.100. The van der Waals surface area contributed by atoms with Gasteiger partial charge in [-0.05, 0) is 58.7 Å². The van der Waals surface area contributed by atoms with Gasteiger partial charge in [0.25, 0.3) is 0 Å². The number of thioether (sulfide) groups is 1. The van der Waals surface area contributed by atoms with E-state index in [2.05, 4.69) is 22.3 Å². The van der Waals surface area contributed by atoms with Crippen molar-refractivity contribution in [1.82, 2.24) is 0 Å². The second kappa shape index (κ2) is 11.2. The summed E-state index contributed by atoms with van der Waals surface area (Å²) in [6, 6.07) is 31.0. The van der Waals surface area contributed by atoms with E-state index >= 15 is 0 Å². The molecule has 4 rings (SSSR count). The van der Waals surface area contributed by atoms with Crippen LogP contribution in [0.25, 0.3) is 22.3 Å². The van der Waals surface area contributed by atoms with Gasteiger partial charge in [-0.25, -0.2) is 0 Å². The van der Waals surface area contributed by atoms with Gasteiger partial charge in [-0.3, -0.25) is 9.59 Å². The second-order valence-electron chi connectivity index (χ2n) is 7.91. The van der Waals surface area contributed by atoms with Gasteiger partial charge >= 0.3 is 0 Å². The fraction of sp³-hybridized carbons (Fsp3) is 0.0625. The molecule has 0 aliphatic heterocycles. The van der Waals surface area contributed by atoms with Gasteiger partial charge in [-0.2, -0.15) is 0 Å². The zero-order chi connectivity index (χ0) is 24.6. The van der Waals surface area contributed by atoms with Gasteiger partial charge in [0.05, 0.1) is 0 Å². The fourth-order valence-corrected chi connectivity index (χ4v) is 4.02. The van der Waals surface area contributed by atoms with Crippen molar-refractivity contribution in [2.24, 2.45) is 0 Å². The zero-order valence-corrected chi connectivity index (χ0v) is 20.3. The monoisotopic (exact) mass is 470 g/mol. The molecule has 4 aromatic carbocycles. The van der Waals surface area contributed by atoms with E-state index in [0.29, 0.717) is 11.1 Å². The van der Waals surface area contributed by atoms with Gasteiger partial charge in [0.1, 0.15) is 0 Å². The number of hydrogen-bond donors (Lipinski definition) is 0. The molecule has 0 aromatic heterocycles. The predicted octanol–water partition coefficient (Wildman–Crippen LogP) is 7.48. The summed E-state index contributed by atoms with van der Waals surface area (Å²) in [5.74, 6) is 6.52. The maximum absolute atomic E-state index is 11.6. The van der Waals surface area contributed by atoms with Crippen molar-refractivity contribution in [3.63, 3.8) is 0 Å². The summed E-state index contributed by atoms with van der Waals surface area (Å²) in [7, 11) is 0. The minimum absolute atomic E-state index is 0.0502. The van der Waals surface area contributed by atoms with E-state index in [0.717, 1.165) is 33.4 Å². The summed E-state index contributed by atoms with van der Waals surface area (Å²) in [5, 5.41) is 6.18. The molecule has 0 N–H and O–H groups in total. The Morgan fingerprint density at radius 2 is 0.914 bits per heavy atom. The highest BCUT2D eigenvalue weighted by Gasteiger charge is 2.06. The van der Waals surface area contributed by atoms with E-state index in [1.807, 2.05) is 97.1 Å². The fourth-order valence-electron chi connectivity index (χ4n) is 3.64. The molecule has 0 aliphatic carbocycles. The first-order valence-corrected chi connectivity index (χ1v) is 11.9. The molecular weight excluding hydrogens is 448 g/mol. The van der Waals surface area contributed by atoms with Crippen LogP contribution in [0.5, 0.6) is 0 Å². The van der Waals surface area contributed by atoms with E-state index in [1.165, 1.54) is 11.8 Å². The van der Waals surface area contributed by atoms with E-state index in [1.54, 1.807) is 13.8 Å². The van der Waals surface area contributed by atoms with Crippen LogP contribution in [0.15, 0.2) is 97.1 Å². The minimum atomic E-state index is 0.0502. The van der Waals surface area contributed by atoms with Crippen molar-refractivity contribution in [2.45, 2.75) is 13.8 Å². The highest BCUT2D eigenvalue weighted by atomic mass is 32.2. The molecule has 0 heterocycles. The van der Waals surface area contributed by atoms with Crippen molar-refractivity contribution >= 4 is 23.3 Å². The third kappa shape index (κ3) is 5.98. The lowest BCUT2D eigenvalue weighted by Crippen LogP contribution is -1.91. The van der Waals surface area contributed by atoms with E-state index < -0.39 is 0 Å². The van der Waals surface area contributed by atoms with Gasteiger partial charge in [0.15, 0.2) is 11.6 Å². The van der Waals surface area contributed by atoms with Crippen LogP contribution in [0.1, 0.15) is 45.7 Å². The van der Waals surface area contributed by atoms with Crippen LogP contribution in [0.3, 0.4) is 0 Å². The topological polar surface area (TPSA) is 34.1 Å². The van der Waals surface area contributed by atoms with Crippen LogP contribution >= 0.6 is 11.8 Å². The molecule has 0 saturated heterocycles. The van der Waals surface area contributed by atoms with Crippen LogP contribution in [-0.2, 0) is 0 Å². The summed E-state index contributed by atoms with van der Waals surface area (Å²) in [6.07, 6.45) is 0. The summed E-state index contributed by atoms with van der Waals surface area (Å²) in [4.78, 5) is 23.1. The Morgan fingerprint density at radius 3 is 1.29 bits per heavy atom. The maximum Gasteiger partial charge on any atom is 0.159 e. The van der Waals surface area contributed by atoms with Crippen LogP contribution in [0, 0.1) is 22.3 Å². The van der Waals surface area contributed by atoms with Crippen molar-refractivity contribution in [3.8, 4) is 44.6 Å². The van der Waals surface area contributed by atoms with Crippen molar-refractivity contribution in [1.29, 1.82) is 0 Å². The molecule has 168 valence electrons. The Labute approximate surface area is 210 Å². The Kier molecular flexibility index (Phi) is 7.63. The van der Waals surface area contributed by atoms with E-state index in [9.17, 15) is 9.59 Å². The first-order valence-electron chi connectivity index (χ1n) is 11.1. The summed E-state index contributed by atoms with van der Waals surface area (Å²) >= 11 is 1.25. The van der Waals surface area contributed by atoms with Crippen molar-refractivity contribution < 1.29 is 9.59 Å². The summed E-state index contributed by atoms with van der Waals surface area (Å²) in [6.45, 7) is 3.13. The normalized spacial score (nSPS) is 9.89. The number of Topliss-reactive ketones (excluding diaryl/α,β-unsaturated/α-hetero) is 2. The maximum atomic E-state index is 11.6.